The molecule has 1 heterocycles. The monoisotopic (exact) mass is 212 g/mol. The molecule has 2 atom stereocenters. The summed E-state index contributed by atoms with van der Waals surface area (Å²) in [6, 6.07) is 2.73. The van der Waals surface area contributed by atoms with Crippen molar-refractivity contribution in [1.82, 2.24) is 4.98 Å². The highest BCUT2D eigenvalue weighted by Gasteiger charge is 2.16. The standard InChI is InChI=1S/C11H17FN2O/c1-3-8(2)10(7-15)14-11-9(12)5-4-6-13-11/h4-6,8,10,15H,3,7H2,1-2H3,(H,13,14)/t8-,10-/m1/s1. The smallest absolute Gasteiger partial charge is 0.165 e. The lowest BCUT2D eigenvalue weighted by molar-refractivity contribution is 0.240. The number of nitrogens with one attached hydrogen (secondary N) is 1. The van der Waals surface area contributed by atoms with E-state index >= 15 is 0 Å². The number of halogens is 1. The maximum absolute atomic E-state index is 13.2. The molecule has 4 heteroatoms. The van der Waals surface area contributed by atoms with Gasteiger partial charge in [-0.3, -0.25) is 0 Å². The van der Waals surface area contributed by atoms with Crippen LogP contribution in [0.25, 0.3) is 0 Å². The Morgan fingerprint density at radius 3 is 2.87 bits per heavy atom. The van der Waals surface area contributed by atoms with Crippen LogP contribution in [-0.2, 0) is 0 Å². The highest BCUT2D eigenvalue weighted by atomic mass is 19.1. The highest BCUT2D eigenvalue weighted by Crippen LogP contribution is 2.15. The van der Waals surface area contributed by atoms with E-state index in [2.05, 4.69) is 10.3 Å². The van der Waals surface area contributed by atoms with Crippen molar-refractivity contribution in [3.63, 3.8) is 0 Å². The van der Waals surface area contributed by atoms with Gasteiger partial charge in [-0.15, -0.1) is 0 Å². The molecule has 0 fully saturated rings. The van der Waals surface area contributed by atoms with Crippen LogP contribution in [0.5, 0.6) is 0 Å². The van der Waals surface area contributed by atoms with Gasteiger partial charge in [-0.05, 0) is 18.1 Å². The molecule has 15 heavy (non-hydrogen) atoms. The van der Waals surface area contributed by atoms with Crippen molar-refractivity contribution >= 4 is 5.82 Å². The molecule has 0 aliphatic carbocycles. The average molecular weight is 212 g/mol. The van der Waals surface area contributed by atoms with E-state index in [1.54, 1.807) is 0 Å². The molecule has 0 unspecified atom stereocenters. The Morgan fingerprint density at radius 1 is 1.60 bits per heavy atom. The van der Waals surface area contributed by atoms with Crippen LogP contribution in [-0.4, -0.2) is 22.7 Å². The minimum Gasteiger partial charge on any atom is -0.394 e. The molecular weight excluding hydrogens is 195 g/mol. The summed E-state index contributed by atoms with van der Waals surface area (Å²) in [4.78, 5) is 3.89. The van der Waals surface area contributed by atoms with Gasteiger partial charge in [-0.25, -0.2) is 9.37 Å². The van der Waals surface area contributed by atoms with E-state index in [1.807, 2.05) is 13.8 Å². The second-order valence-electron chi connectivity index (χ2n) is 3.65. The van der Waals surface area contributed by atoms with Crippen molar-refractivity contribution in [3.8, 4) is 0 Å². The first kappa shape index (κ1) is 11.9. The van der Waals surface area contributed by atoms with Gasteiger partial charge < -0.3 is 10.4 Å². The van der Waals surface area contributed by atoms with Gasteiger partial charge >= 0.3 is 0 Å². The van der Waals surface area contributed by atoms with Crippen molar-refractivity contribution in [2.45, 2.75) is 26.3 Å². The largest absolute Gasteiger partial charge is 0.394 e. The van der Waals surface area contributed by atoms with E-state index in [0.717, 1.165) is 6.42 Å². The molecule has 0 saturated heterocycles. The number of aromatic nitrogens is 1. The van der Waals surface area contributed by atoms with Gasteiger partial charge in [0, 0.05) is 6.20 Å². The molecule has 0 amide bonds. The van der Waals surface area contributed by atoms with Crippen LogP contribution in [0.1, 0.15) is 20.3 Å². The van der Waals surface area contributed by atoms with Gasteiger partial charge in [0.15, 0.2) is 11.6 Å². The Bertz CT molecular complexity index is 306. The molecular formula is C11H17FN2O. The first-order chi connectivity index (χ1) is 7.19. The lowest BCUT2D eigenvalue weighted by atomic mass is 10.00. The second kappa shape index (κ2) is 5.66. The highest BCUT2D eigenvalue weighted by molar-refractivity contribution is 5.36. The third kappa shape index (κ3) is 3.16. The van der Waals surface area contributed by atoms with E-state index in [0.29, 0.717) is 0 Å². The van der Waals surface area contributed by atoms with Gasteiger partial charge in [0.25, 0.3) is 0 Å². The van der Waals surface area contributed by atoms with E-state index in [1.165, 1.54) is 18.3 Å². The number of aliphatic hydroxyl groups excluding tert-OH is 1. The maximum atomic E-state index is 13.2. The quantitative estimate of drug-likeness (QED) is 0.785. The van der Waals surface area contributed by atoms with Crippen molar-refractivity contribution in [1.29, 1.82) is 0 Å². The minimum atomic E-state index is -0.390. The Balaban J connectivity index is 2.71. The fourth-order valence-electron chi connectivity index (χ4n) is 1.32. The number of aliphatic hydroxyl groups is 1. The maximum Gasteiger partial charge on any atom is 0.165 e. The topological polar surface area (TPSA) is 45.1 Å². The molecule has 0 radical (unpaired) electrons. The molecule has 84 valence electrons. The second-order valence-corrected chi connectivity index (χ2v) is 3.65. The molecule has 3 nitrogen and oxygen atoms in total. The molecule has 0 aliphatic rings. The predicted molar refractivity (Wildman–Crippen MR) is 58.1 cm³/mol. The zero-order chi connectivity index (χ0) is 11.3. The normalized spacial score (nSPS) is 14.7. The lowest BCUT2D eigenvalue weighted by Crippen LogP contribution is -2.31. The molecule has 1 aromatic rings. The summed E-state index contributed by atoms with van der Waals surface area (Å²) in [5, 5.41) is 12.1. The molecule has 1 rings (SSSR count). The van der Waals surface area contributed by atoms with E-state index < -0.39 is 0 Å². The fourth-order valence-corrected chi connectivity index (χ4v) is 1.32. The van der Waals surface area contributed by atoms with Gasteiger partial charge in [0.1, 0.15) is 0 Å². The van der Waals surface area contributed by atoms with E-state index in [-0.39, 0.29) is 30.2 Å². The Labute approximate surface area is 89.4 Å². The number of anilines is 1. The summed E-state index contributed by atoms with van der Waals surface area (Å²) in [5.74, 6) is 0.0903. The minimum absolute atomic E-state index is 0.0228. The molecule has 2 N–H and O–H groups in total. The summed E-state index contributed by atoms with van der Waals surface area (Å²) < 4.78 is 13.2. The average Bonchev–Trinajstić information content (AvgIpc) is 2.27. The summed E-state index contributed by atoms with van der Waals surface area (Å²) in [7, 11) is 0. The first-order valence-electron chi connectivity index (χ1n) is 5.17. The molecule has 0 aromatic carbocycles. The summed E-state index contributed by atoms with van der Waals surface area (Å²) in [6.07, 6.45) is 2.45. The lowest BCUT2D eigenvalue weighted by Gasteiger charge is -2.22. The van der Waals surface area contributed by atoms with E-state index in [9.17, 15) is 4.39 Å². The number of pyridine rings is 1. The number of hydrogen-bond donors (Lipinski definition) is 2. The Hall–Kier alpha value is -1.16. The molecule has 0 aliphatic heterocycles. The number of rotatable bonds is 5. The Kier molecular flexibility index (Phi) is 4.49. The van der Waals surface area contributed by atoms with Gasteiger partial charge in [0.2, 0.25) is 0 Å². The van der Waals surface area contributed by atoms with Crippen LogP contribution in [0.3, 0.4) is 0 Å². The zero-order valence-corrected chi connectivity index (χ0v) is 9.07. The molecule has 0 saturated carbocycles. The van der Waals surface area contributed by atoms with Crippen LogP contribution in [0.2, 0.25) is 0 Å². The first-order valence-corrected chi connectivity index (χ1v) is 5.17. The third-order valence-electron chi connectivity index (χ3n) is 2.61. The predicted octanol–water partition coefficient (Wildman–Crippen LogP) is 2.04. The molecule has 0 bridgehead atoms. The van der Waals surface area contributed by atoms with Crippen molar-refractivity contribution in [2.24, 2.45) is 5.92 Å². The zero-order valence-electron chi connectivity index (χ0n) is 9.07. The van der Waals surface area contributed by atoms with E-state index in [4.69, 9.17) is 5.11 Å². The van der Waals surface area contributed by atoms with Crippen LogP contribution < -0.4 is 5.32 Å². The molecule has 1 aromatic heterocycles. The fraction of sp³-hybridized carbons (Fsp3) is 0.545. The SMILES string of the molecule is CC[C@@H](C)[C@@H](CO)Nc1ncccc1F. The van der Waals surface area contributed by atoms with Crippen molar-refractivity contribution < 1.29 is 9.50 Å². The summed E-state index contributed by atoms with van der Waals surface area (Å²) >= 11 is 0. The Morgan fingerprint density at radius 2 is 2.33 bits per heavy atom. The van der Waals surface area contributed by atoms with Crippen LogP contribution in [0, 0.1) is 11.7 Å². The van der Waals surface area contributed by atoms with Crippen LogP contribution in [0.15, 0.2) is 18.3 Å². The van der Waals surface area contributed by atoms with Gasteiger partial charge in [-0.2, -0.15) is 0 Å². The summed E-state index contributed by atoms with van der Waals surface area (Å²) in [6.45, 7) is 4.02. The summed E-state index contributed by atoms with van der Waals surface area (Å²) in [5.41, 5.74) is 0. The van der Waals surface area contributed by atoms with Crippen LogP contribution in [0.4, 0.5) is 10.2 Å². The van der Waals surface area contributed by atoms with Gasteiger partial charge in [0.05, 0.1) is 12.6 Å². The van der Waals surface area contributed by atoms with Crippen molar-refractivity contribution in [2.75, 3.05) is 11.9 Å². The van der Waals surface area contributed by atoms with Crippen LogP contribution >= 0.6 is 0 Å². The number of nitrogens with zero attached hydrogens (tertiary/aromatic N) is 1. The third-order valence-corrected chi connectivity index (χ3v) is 2.61. The molecule has 0 spiro atoms. The van der Waals surface area contributed by atoms with Gasteiger partial charge in [-0.1, -0.05) is 20.3 Å². The van der Waals surface area contributed by atoms with Crippen molar-refractivity contribution in [3.05, 3.63) is 24.1 Å². The number of hydrogen-bond acceptors (Lipinski definition) is 3.